The van der Waals surface area contributed by atoms with Crippen LogP contribution in [-0.2, 0) is 0 Å². The van der Waals surface area contributed by atoms with Gasteiger partial charge in [0.1, 0.15) is 0 Å². The fourth-order valence-corrected chi connectivity index (χ4v) is 8.78. The number of nitrogens with zero attached hydrogens (tertiary/aromatic N) is 2. The summed E-state index contributed by atoms with van der Waals surface area (Å²) in [6.45, 7) is 0. The van der Waals surface area contributed by atoms with Crippen molar-refractivity contribution in [2.24, 2.45) is 0 Å². The molecule has 51 heavy (non-hydrogen) atoms. The second-order valence-electron chi connectivity index (χ2n) is 13.0. The summed E-state index contributed by atoms with van der Waals surface area (Å²) in [4.78, 5) is 4.79. The third kappa shape index (κ3) is 5.10. The van der Waals surface area contributed by atoms with Crippen LogP contribution in [0.4, 0.5) is 34.1 Å². The van der Waals surface area contributed by atoms with Crippen molar-refractivity contribution in [2.75, 3.05) is 9.80 Å². The van der Waals surface area contributed by atoms with E-state index in [1.54, 1.807) is 0 Å². The minimum Gasteiger partial charge on any atom is -0.310 e. The normalized spacial score (nSPS) is 11.5. The van der Waals surface area contributed by atoms with E-state index in [4.69, 9.17) is 0 Å². The highest BCUT2D eigenvalue weighted by molar-refractivity contribution is 7.26. The van der Waals surface area contributed by atoms with Crippen molar-refractivity contribution in [3.8, 4) is 0 Å². The molecule has 0 atom stereocenters. The highest BCUT2D eigenvalue weighted by Crippen LogP contribution is 2.48. The van der Waals surface area contributed by atoms with Gasteiger partial charge in [0.15, 0.2) is 0 Å². The summed E-state index contributed by atoms with van der Waals surface area (Å²) in [7, 11) is 0. The molecule has 10 aromatic rings. The lowest BCUT2D eigenvalue weighted by Crippen LogP contribution is -2.10. The van der Waals surface area contributed by atoms with Gasteiger partial charge in [-0.3, -0.25) is 0 Å². The Hall–Kier alpha value is -6.42. The van der Waals surface area contributed by atoms with E-state index in [2.05, 4.69) is 204 Å². The number of hydrogen-bond acceptors (Lipinski definition) is 3. The van der Waals surface area contributed by atoms with E-state index in [0.717, 1.165) is 28.4 Å². The molecule has 10 rings (SSSR count). The molecule has 0 saturated carbocycles. The van der Waals surface area contributed by atoms with Crippen LogP contribution >= 0.6 is 11.3 Å². The van der Waals surface area contributed by atoms with E-state index in [9.17, 15) is 0 Å². The molecule has 0 unspecified atom stereocenters. The molecule has 0 N–H and O–H groups in total. The maximum absolute atomic E-state index is 2.42. The van der Waals surface area contributed by atoms with Gasteiger partial charge in [-0.15, -0.1) is 11.3 Å². The van der Waals surface area contributed by atoms with Gasteiger partial charge in [-0.1, -0.05) is 127 Å². The Labute approximate surface area is 300 Å². The average Bonchev–Trinajstić information content (AvgIpc) is 3.57. The van der Waals surface area contributed by atoms with Gasteiger partial charge in [0.25, 0.3) is 0 Å². The Morgan fingerprint density at radius 2 is 0.784 bits per heavy atom. The molecule has 0 aliphatic carbocycles. The predicted molar refractivity (Wildman–Crippen MR) is 221 cm³/mol. The fourth-order valence-electron chi connectivity index (χ4n) is 7.59. The Balaban J connectivity index is 1.18. The maximum Gasteiger partial charge on any atom is 0.0554 e. The van der Waals surface area contributed by atoms with Crippen molar-refractivity contribution < 1.29 is 0 Å². The first-order chi connectivity index (χ1) is 25.3. The molecular weight excluding hydrogens is 637 g/mol. The predicted octanol–water partition coefficient (Wildman–Crippen LogP) is 14.5. The molecule has 0 aliphatic rings. The fraction of sp³-hybridized carbons (Fsp3) is 0. The minimum atomic E-state index is 1.13. The molecule has 0 bridgehead atoms. The summed E-state index contributed by atoms with van der Waals surface area (Å²) in [5.74, 6) is 0. The van der Waals surface area contributed by atoms with Crippen molar-refractivity contribution in [3.63, 3.8) is 0 Å². The molecule has 0 spiro atoms. The first-order valence-electron chi connectivity index (χ1n) is 17.3. The molecule has 1 aromatic heterocycles. The molecule has 0 amide bonds. The Kier molecular flexibility index (Phi) is 7.04. The Morgan fingerprint density at radius 3 is 1.43 bits per heavy atom. The topological polar surface area (TPSA) is 6.48 Å². The average molecular weight is 669 g/mol. The van der Waals surface area contributed by atoms with Gasteiger partial charge in [-0.05, 0) is 93.7 Å². The van der Waals surface area contributed by atoms with Gasteiger partial charge >= 0.3 is 0 Å². The summed E-state index contributed by atoms with van der Waals surface area (Å²) in [6, 6.07) is 70.4. The van der Waals surface area contributed by atoms with Crippen LogP contribution in [-0.4, -0.2) is 0 Å². The molecule has 0 fully saturated rings. The number of fused-ring (bicyclic) bond motifs is 7. The third-order valence-corrected chi connectivity index (χ3v) is 11.1. The Bertz CT molecular complexity index is 2880. The number of benzene rings is 9. The molecule has 3 heteroatoms. The third-order valence-electron chi connectivity index (χ3n) is 9.95. The summed E-state index contributed by atoms with van der Waals surface area (Å²) in [6.07, 6.45) is 0. The minimum absolute atomic E-state index is 1.13. The van der Waals surface area contributed by atoms with Gasteiger partial charge in [0.05, 0.1) is 5.69 Å². The van der Waals surface area contributed by atoms with E-state index in [-0.39, 0.29) is 0 Å². The van der Waals surface area contributed by atoms with Crippen molar-refractivity contribution in [3.05, 3.63) is 194 Å². The zero-order valence-corrected chi connectivity index (χ0v) is 28.6. The van der Waals surface area contributed by atoms with Crippen LogP contribution in [0.25, 0.3) is 52.5 Å². The van der Waals surface area contributed by atoms with Gasteiger partial charge in [0.2, 0.25) is 0 Å². The standard InChI is InChI=1S/C48H32N2S/c1-3-17-37(18-4-1)49(39-25-23-33-13-7-9-15-35(33)29-39)41-27-28-44-46(31-41)51-47-32-45(42-21-11-12-22-43(42)48(44)47)50(38-19-5-2-6-20-38)40-26-24-34-14-8-10-16-36(34)30-40/h1-32H. The number of rotatable bonds is 6. The largest absolute Gasteiger partial charge is 0.310 e. The molecule has 0 radical (unpaired) electrons. The van der Waals surface area contributed by atoms with E-state index >= 15 is 0 Å². The second-order valence-corrected chi connectivity index (χ2v) is 14.1. The van der Waals surface area contributed by atoms with Gasteiger partial charge in [-0.25, -0.2) is 0 Å². The smallest absolute Gasteiger partial charge is 0.0554 e. The monoisotopic (exact) mass is 668 g/mol. The van der Waals surface area contributed by atoms with Crippen molar-refractivity contribution in [1.29, 1.82) is 0 Å². The van der Waals surface area contributed by atoms with Crippen LogP contribution in [0, 0.1) is 0 Å². The lowest BCUT2D eigenvalue weighted by molar-refractivity contribution is 1.30. The lowest BCUT2D eigenvalue weighted by atomic mass is 10.00. The maximum atomic E-state index is 2.42. The quantitative estimate of drug-likeness (QED) is 0.174. The molecular formula is C48H32N2S. The van der Waals surface area contributed by atoms with Crippen molar-refractivity contribution >= 4 is 98.0 Å². The molecule has 0 saturated heterocycles. The van der Waals surface area contributed by atoms with Gasteiger partial charge < -0.3 is 9.80 Å². The first-order valence-corrected chi connectivity index (χ1v) is 18.2. The summed E-state index contributed by atoms with van der Waals surface area (Å²) in [5.41, 5.74) is 6.86. The van der Waals surface area contributed by atoms with Crippen LogP contribution < -0.4 is 9.80 Å². The number of anilines is 6. The van der Waals surface area contributed by atoms with E-state index in [1.807, 2.05) is 11.3 Å². The van der Waals surface area contributed by atoms with Crippen LogP contribution in [0.15, 0.2) is 194 Å². The zero-order chi connectivity index (χ0) is 33.7. The lowest BCUT2D eigenvalue weighted by Gasteiger charge is -2.27. The number of para-hydroxylation sites is 2. The Morgan fingerprint density at radius 1 is 0.294 bits per heavy atom. The molecule has 9 aromatic carbocycles. The second kappa shape index (κ2) is 12.2. The van der Waals surface area contributed by atoms with Crippen LogP contribution in [0.3, 0.4) is 0 Å². The summed E-state index contributed by atoms with van der Waals surface area (Å²) >= 11 is 1.87. The van der Waals surface area contributed by atoms with Crippen LogP contribution in [0.2, 0.25) is 0 Å². The number of thiophene rings is 1. The molecule has 0 aliphatic heterocycles. The van der Waals surface area contributed by atoms with Gasteiger partial charge in [0, 0.05) is 54.0 Å². The molecule has 1 heterocycles. The van der Waals surface area contributed by atoms with Crippen molar-refractivity contribution in [1.82, 2.24) is 0 Å². The number of hydrogen-bond donors (Lipinski definition) is 0. The van der Waals surface area contributed by atoms with E-state index in [1.165, 1.54) is 58.2 Å². The van der Waals surface area contributed by atoms with Crippen molar-refractivity contribution in [2.45, 2.75) is 0 Å². The molecule has 240 valence electrons. The summed E-state index contributed by atoms with van der Waals surface area (Å²) < 4.78 is 2.54. The van der Waals surface area contributed by atoms with Crippen LogP contribution in [0.1, 0.15) is 0 Å². The first kappa shape index (κ1) is 29.5. The van der Waals surface area contributed by atoms with Crippen LogP contribution in [0.5, 0.6) is 0 Å². The highest BCUT2D eigenvalue weighted by atomic mass is 32.1. The zero-order valence-electron chi connectivity index (χ0n) is 27.8. The molecule has 2 nitrogen and oxygen atoms in total. The summed E-state index contributed by atoms with van der Waals surface area (Å²) in [5, 5.41) is 10.0. The SMILES string of the molecule is c1ccc(N(c2ccc3ccccc3c2)c2ccc3c(c2)sc2cc(N(c4ccccc4)c4ccc5ccccc5c4)c4ccccc4c23)cc1. The van der Waals surface area contributed by atoms with E-state index in [0.29, 0.717) is 0 Å². The highest BCUT2D eigenvalue weighted by Gasteiger charge is 2.21. The van der Waals surface area contributed by atoms with Gasteiger partial charge in [-0.2, -0.15) is 0 Å². The van der Waals surface area contributed by atoms with E-state index < -0.39 is 0 Å².